The Morgan fingerprint density at radius 1 is 1.06 bits per heavy atom. The molecule has 0 radical (unpaired) electrons. The molecule has 2 saturated carbocycles. The highest BCUT2D eigenvalue weighted by Crippen LogP contribution is 2.66. The summed E-state index contributed by atoms with van der Waals surface area (Å²) in [4.78, 5) is 35.8. The highest BCUT2D eigenvalue weighted by molar-refractivity contribution is 5.83. The predicted molar refractivity (Wildman–Crippen MR) is 128 cm³/mol. The van der Waals surface area contributed by atoms with E-state index in [0.717, 1.165) is 31.8 Å². The van der Waals surface area contributed by atoms with E-state index >= 15 is 0 Å². The molecule has 0 unspecified atom stereocenters. The Bertz CT molecular complexity index is 956. The fourth-order valence-corrected chi connectivity index (χ4v) is 8.27. The summed E-state index contributed by atoms with van der Waals surface area (Å²) in [6.07, 6.45) is 8.67. The van der Waals surface area contributed by atoms with Crippen LogP contribution >= 0.6 is 0 Å². The van der Waals surface area contributed by atoms with Crippen LogP contribution in [0.1, 0.15) is 86.0 Å². The molecule has 1 amide bonds. The molecule has 1 saturated heterocycles. The van der Waals surface area contributed by atoms with Crippen LogP contribution in [-0.4, -0.2) is 15.8 Å². The van der Waals surface area contributed by atoms with Crippen LogP contribution in [0, 0.1) is 66.6 Å². The van der Waals surface area contributed by atoms with E-state index in [1.54, 1.807) is 0 Å². The Labute approximate surface area is 201 Å². The van der Waals surface area contributed by atoms with E-state index in [-0.39, 0.29) is 52.6 Å². The molecule has 0 spiro atoms. The molecule has 3 fully saturated rings. The van der Waals surface area contributed by atoms with Crippen molar-refractivity contribution in [1.82, 2.24) is 5.32 Å². The van der Waals surface area contributed by atoms with Crippen molar-refractivity contribution in [3.63, 3.8) is 0 Å². The van der Waals surface area contributed by atoms with E-state index in [1.165, 1.54) is 19.3 Å². The van der Waals surface area contributed by atoms with E-state index < -0.39 is 15.3 Å². The summed E-state index contributed by atoms with van der Waals surface area (Å²) < 4.78 is 0. The van der Waals surface area contributed by atoms with Gasteiger partial charge in [-0.1, -0.05) is 53.9 Å². The van der Waals surface area contributed by atoms with Gasteiger partial charge in [0, 0.05) is 11.3 Å². The zero-order valence-corrected chi connectivity index (χ0v) is 21.1. The minimum Gasteiger partial charge on any atom is -0.323 e. The van der Waals surface area contributed by atoms with Gasteiger partial charge in [-0.3, -0.25) is 25.0 Å². The first-order valence-corrected chi connectivity index (χ1v) is 12.9. The van der Waals surface area contributed by atoms with Gasteiger partial charge in [0.05, 0.1) is 22.3 Å². The standard InChI is InChI=1S/C26H39N3O5/c1-15(2)7-6-8-16(3)18-9-10-19-22-20(11-12-25(18,19)4)26(5)14-17(28(31)32)13-21(29(33)34)23(26)27-24(22)30/h13,15-16,18-20,22H,6-12,14H2,1-5H3,(H,27,30)/t16-,18-,19+,20+,22+,25-,26-/m1/s1. The Morgan fingerprint density at radius 2 is 1.76 bits per heavy atom. The van der Waals surface area contributed by atoms with Gasteiger partial charge in [0.15, 0.2) is 0 Å². The largest absolute Gasteiger partial charge is 0.323 e. The lowest BCUT2D eigenvalue weighted by molar-refractivity contribution is -0.442. The number of carbonyl (C=O) groups is 1. The van der Waals surface area contributed by atoms with Crippen molar-refractivity contribution in [3.8, 4) is 0 Å². The van der Waals surface area contributed by atoms with Gasteiger partial charge in [-0.25, -0.2) is 0 Å². The molecule has 4 rings (SSSR count). The van der Waals surface area contributed by atoms with Crippen LogP contribution in [0.3, 0.4) is 0 Å². The molecule has 0 aromatic rings. The molecule has 1 aliphatic heterocycles. The highest BCUT2D eigenvalue weighted by Gasteiger charge is 2.64. The monoisotopic (exact) mass is 473 g/mol. The van der Waals surface area contributed by atoms with Crippen LogP contribution in [0.15, 0.2) is 23.2 Å². The topological polar surface area (TPSA) is 115 Å². The van der Waals surface area contributed by atoms with Gasteiger partial charge in [-0.15, -0.1) is 0 Å². The van der Waals surface area contributed by atoms with Crippen molar-refractivity contribution in [2.24, 2.45) is 46.3 Å². The van der Waals surface area contributed by atoms with Crippen molar-refractivity contribution in [2.45, 2.75) is 86.0 Å². The third kappa shape index (κ3) is 3.87. The Hall–Kier alpha value is -2.25. The second-order valence-corrected chi connectivity index (χ2v) is 12.3. The lowest BCUT2D eigenvalue weighted by Crippen LogP contribution is -2.59. The number of hydrogen-bond acceptors (Lipinski definition) is 5. The number of fused-ring (bicyclic) bond motifs is 5. The van der Waals surface area contributed by atoms with Crippen LogP contribution < -0.4 is 5.32 Å². The lowest BCUT2D eigenvalue weighted by atomic mass is 9.49. The Balaban J connectivity index is 1.64. The van der Waals surface area contributed by atoms with Crippen molar-refractivity contribution < 1.29 is 14.6 Å². The van der Waals surface area contributed by atoms with Crippen LogP contribution in [0.2, 0.25) is 0 Å². The summed E-state index contributed by atoms with van der Waals surface area (Å²) >= 11 is 0. The lowest BCUT2D eigenvalue weighted by Gasteiger charge is -2.56. The number of nitrogens with one attached hydrogen (secondary N) is 1. The summed E-state index contributed by atoms with van der Waals surface area (Å²) in [6, 6.07) is 0. The summed E-state index contributed by atoms with van der Waals surface area (Å²) in [7, 11) is 0. The minimum atomic E-state index is -0.805. The summed E-state index contributed by atoms with van der Waals surface area (Å²) in [5.74, 6) is 1.59. The van der Waals surface area contributed by atoms with Gasteiger partial charge < -0.3 is 5.32 Å². The van der Waals surface area contributed by atoms with Gasteiger partial charge >= 0.3 is 0 Å². The number of nitro groups is 2. The summed E-state index contributed by atoms with van der Waals surface area (Å²) in [5.41, 5.74) is -0.932. The fraction of sp³-hybridized carbons (Fsp3) is 0.808. The van der Waals surface area contributed by atoms with Crippen LogP contribution in [-0.2, 0) is 4.79 Å². The summed E-state index contributed by atoms with van der Waals surface area (Å²) in [5, 5.41) is 26.3. The normalized spacial score (nSPS) is 37.9. The molecular weight excluding hydrogens is 434 g/mol. The maximum Gasteiger partial charge on any atom is 0.295 e. The third-order valence-electron chi connectivity index (χ3n) is 9.95. The number of rotatable bonds is 7. The number of carbonyl (C=O) groups excluding carboxylic acids is 1. The highest BCUT2D eigenvalue weighted by atomic mass is 16.6. The molecule has 0 bridgehead atoms. The molecule has 8 nitrogen and oxygen atoms in total. The van der Waals surface area contributed by atoms with E-state index in [9.17, 15) is 25.0 Å². The molecule has 3 aliphatic carbocycles. The Morgan fingerprint density at radius 3 is 2.38 bits per heavy atom. The molecule has 34 heavy (non-hydrogen) atoms. The van der Waals surface area contributed by atoms with E-state index in [0.29, 0.717) is 17.8 Å². The first-order chi connectivity index (χ1) is 15.9. The van der Waals surface area contributed by atoms with E-state index in [1.807, 2.05) is 6.92 Å². The molecular formula is C26H39N3O5. The number of hydrogen-bond donors (Lipinski definition) is 1. The first-order valence-electron chi connectivity index (χ1n) is 12.9. The number of allylic oxidation sites excluding steroid dienone is 3. The molecule has 8 heteroatoms. The third-order valence-corrected chi connectivity index (χ3v) is 9.95. The molecule has 0 aromatic carbocycles. The smallest absolute Gasteiger partial charge is 0.295 e. The van der Waals surface area contributed by atoms with E-state index in [4.69, 9.17) is 0 Å². The fourth-order valence-electron chi connectivity index (χ4n) is 8.27. The van der Waals surface area contributed by atoms with Crippen molar-refractivity contribution in [2.75, 3.05) is 0 Å². The molecule has 4 aliphatic rings. The molecule has 0 aromatic heterocycles. The van der Waals surface area contributed by atoms with Gasteiger partial charge in [-0.2, -0.15) is 0 Å². The van der Waals surface area contributed by atoms with Crippen molar-refractivity contribution in [1.29, 1.82) is 0 Å². The van der Waals surface area contributed by atoms with E-state index in [2.05, 4.69) is 33.0 Å². The van der Waals surface area contributed by atoms with Crippen molar-refractivity contribution in [3.05, 3.63) is 43.4 Å². The molecule has 1 N–H and O–H groups in total. The van der Waals surface area contributed by atoms with Gasteiger partial charge in [0.25, 0.3) is 11.4 Å². The minimum absolute atomic E-state index is 0.0652. The van der Waals surface area contributed by atoms with Crippen LogP contribution in [0.25, 0.3) is 0 Å². The second kappa shape index (κ2) is 8.76. The van der Waals surface area contributed by atoms with Gasteiger partial charge in [-0.05, 0) is 60.7 Å². The zero-order chi connectivity index (χ0) is 25.0. The van der Waals surface area contributed by atoms with Gasteiger partial charge in [0.2, 0.25) is 5.91 Å². The molecule has 188 valence electrons. The molecule has 7 atom stereocenters. The first kappa shape index (κ1) is 24.9. The van der Waals surface area contributed by atoms with Crippen LogP contribution in [0.5, 0.6) is 0 Å². The number of piperidine rings is 1. The molecule has 1 heterocycles. The SMILES string of the molecule is CC(C)CCC[C@@H](C)[C@H]1CC[C@H]2[C@@H]3C(=O)NC4=C([N+](=O)[O-])C=C([N+](=O)[O-])C[C@]4(C)[C@H]3CC[C@]12C. The van der Waals surface area contributed by atoms with Crippen molar-refractivity contribution >= 4 is 5.91 Å². The number of amides is 1. The number of nitrogens with zero attached hydrogens (tertiary/aromatic N) is 2. The zero-order valence-electron chi connectivity index (χ0n) is 21.1. The average molecular weight is 474 g/mol. The maximum absolute atomic E-state index is 13.5. The average Bonchev–Trinajstić information content (AvgIpc) is 3.10. The Kier molecular flexibility index (Phi) is 6.40. The van der Waals surface area contributed by atoms with Crippen LogP contribution in [0.4, 0.5) is 0 Å². The van der Waals surface area contributed by atoms with Gasteiger partial charge in [0.1, 0.15) is 5.70 Å². The summed E-state index contributed by atoms with van der Waals surface area (Å²) in [6.45, 7) is 11.1. The predicted octanol–water partition coefficient (Wildman–Crippen LogP) is 5.70. The second-order valence-electron chi connectivity index (χ2n) is 12.3. The maximum atomic E-state index is 13.5. The quantitative estimate of drug-likeness (QED) is 0.376.